The molecule has 2 aromatic rings. The lowest BCUT2D eigenvalue weighted by molar-refractivity contribution is 0.0668. The number of fused-ring (bicyclic) bond motifs is 1. The van der Waals surface area contributed by atoms with Crippen LogP contribution in [0.4, 0.5) is 0 Å². The van der Waals surface area contributed by atoms with E-state index in [-0.39, 0.29) is 0 Å². The third-order valence-corrected chi connectivity index (χ3v) is 4.08. The Morgan fingerprint density at radius 3 is 2.72 bits per heavy atom. The molecule has 0 spiro atoms. The Kier molecular flexibility index (Phi) is 3.13. The van der Waals surface area contributed by atoms with Gasteiger partial charge in [0.15, 0.2) is 0 Å². The van der Waals surface area contributed by atoms with Crippen molar-refractivity contribution in [2.24, 2.45) is 5.92 Å². The fraction of sp³-hybridized carbons (Fsp3) is 0.500. The first-order valence-electron chi connectivity index (χ1n) is 6.92. The van der Waals surface area contributed by atoms with Crippen LogP contribution in [0.1, 0.15) is 49.5 Å². The van der Waals surface area contributed by atoms with Gasteiger partial charge in [-0.1, -0.05) is 30.9 Å². The van der Waals surface area contributed by atoms with Gasteiger partial charge < -0.3 is 9.52 Å². The summed E-state index contributed by atoms with van der Waals surface area (Å²) in [6, 6.07) is 8.14. The van der Waals surface area contributed by atoms with Gasteiger partial charge in [-0.15, -0.1) is 0 Å². The zero-order chi connectivity index (χ0) is 12.5. The van der Waals surface area contributed by atoms with Crippen LogP contribution in [0.3, 0.4) is 0 Å². The molecular formula is C16H20O2. The second-order valence-corrected chi connectivity index (χ2v) is 5.53. The minimum Gasteiger partial charge on any atom is -0.458 e. The van der Waals surface area contributed by atoms with E-state index in [9.17, 15) is 5.11 Å². The van der Waals surface area contributed by atoms with E-state index < -0.39 is 6.10 Å². The van der Waals surface area contributed by atoms with E-state index >= 15 is 0 Å². The third-order valence-electron chi connectivity index (χ3n) is 4.08. The molecule has 1 fully saturated rings. The van der Waals surface area contributed by atoms with Crippen molar-refractivity contribution in [1.29, 1.82) is 0 Å². The highest BCUT2D eigenvalue weighted by Crippen LogP contribution is 2.36. The molecule has 1 saturated carbocycles. The summed E-state index contributed by atoms with van der Waals surface area (Å²) in [5.41, 5.74) is 2.10. The molecule has 1 aliphatic rings. The molecule has 1 unspecified atom stereocenters. The predicted octanol–water partition coefficient (Wildman–Crippen LogP) is 4.35. The molecule has 1 atom stereocenters. The molecule has 18 heavy (non-hydrogen) atoms. The van der Waals surface area contributed by atoms with Crippen LogP contribution in [0.5, 0.6) is 0 Å². The standard InChI is InChI=1S/C16H20O2/c1-11-7-8-14-13(9-11)10-15(18-14)16(17)12-5-3-2-4-6-12/h7-10,12,16-17H,2-6H2,1H3. The Labute approximate surface area is 108 Å². The fourth-order valence-corrected chi connectivity index (χ4v) is 3.01. The lowest BCUT2D eigenvalue weighted by Crippen LogP contribution is -2.15. The summed E-state index contributed by atoms with van der Waals surface area (Å²) >= 11 is 0. The van der Waals surface area contributed by atoms with E-state index in [1.807, 2.05) is 18.2 Å². The van der Waals surface area contributed by atoms with E-state index in [1.165, 1.54) is 24.8 Å². The quantitative estimate of drug-likeness (QED) is 0.851. The van der Waals surface area contributed by atoms with Crippen molar-refractivity contribution in [3.63, 3.8) is 0 Å². The minimum atomic E-state index is -0.432. The van der Waals surface area contributed by atoms with Crippen molar-refractivity contribution < 1.29 is 9.52 Å². The average Bonchev–Trinajstić information content (AvgIpc) is 2.81. The van der Waals surface area contributed by atoms with Crippen LogP contribution in [0.25, 0.3) is 11.0 Å². The highest BCUT2D eigenvalue weighted by atomic mass is 16.4. The van der Waals surface area contributed by atoms with Gasteiger partial charge in [-0.05, 0) is 43.9 Å². The van der Waals surface area contributed by atoms with Crippen molar-refractivity contribution in [2.45, 2.75) is 45.1 Å². The Morgan fingerprint density at radius 2 is 1.94 bits per heavy atom. The number of benzene rings is 1. The first kappa shape index (κ1) is 11.8. The molecule has 1 N–H and O–H groups in total. The van der Waals surface area contributed by atoms with Gasteiger partial charge in [0.2, 0.25) is 0 Å². The van der Waals surface area contributed by atoms with E-state index in [0.717, 1.165) is 29.6 Å². The summed E-state index contributed by atoms with van der Waals surface area (Å²) in [7, 11) is 0. The number of aliphatic hydroxyl groups excluding tert-OH is 1. The van der Waals surface area contributed by atoms with Crippen LogP contribution in [-0.2, 0) is 0 Å². The van der Waals surface area contributed by atoms with Crippen LogP contribution in [0.15, 0.2) is 28.7 Å². The van der Waals surface area contributed by atoms with Crippen LogP contribution >= 0.6 is 0 Å². The van der Waals surface area contributed by atoms with E-state index in [1.54, 1.807) is 0 Å². The second-order valence-electron chi connectivity index (χ2n) is 5.53. The van der Waals surface area contributed by atoms with E-state index in [4.69, 9.17) is 4.42 Å². The molecule has 2 heteroatoms. The number of aryl methyl sites for hydroxylation is 1. The molecule has 0 radical (unpaired) electrons. The summed E-state index contributed by atoms with van der Waals surface area (Å²) in [6.07, 6.45) is 5.59. The lowest BCUT2D eigenvalue weighted by Gasteiger charge is -2.25. The molecule has 0 amide bonds. The number of rotatable bonds is 2. The van der Waals surface area contributed by atoms with E-state index in [2.05, 4.69) is 13.0 Å². The van der Waals surface area contributed by atoms with Crippen molar-refractivity contribution in [3.8, 4) is 0 Å². The smallest absolute Gasteiger partial charge is 0.134 e. The Balaban J connectivity index is 1.88. The van der Waals surface area contributed by atoms with Gasteiger partial charge in [-0.2, -0.15) is 0 Å². The summed E-state index contributed by atoms with van der Waals surface area (Å²) in [5.74, 6) is 1.11. The molecule has 1 aliphatic carbocycles. The maximum atomic E-state index is 10.4. The topological polar surface area (TPSA) is 33.4 Å². The summed E-state index contributed by atoms with van der Waals surface area (Å²) in [6.45, 7) is 2.07. The highest BCUT2D eigenvalue weighted by Gasteiger charge is 2.25. The van der Waals surface area contributed by atoms with Crippen LogP contribution < -0.4 is 0 Å². The minimum absolute atomic E-state index is 0.375. The summed E-state index contributed by atoms with van der Waals surface area (Å²) in [4.78, 5) is 0. The molecule has 96 valence electrons. The van der Waals surface area contributed by atoms with E-state index in [0.29, 0.717) is 5.92 Å². The van der Waals surface area contributed by atoms with Gasteiger partial charge in [0, 0.05) is 5.39 Å². The molecule has 0 aliphatic heterocycles. The molecule has 1 heterocycles. The van der Waals surface area contributed by atoms with Gasteiger partial charge in [-0.3, -0.25) is 0 Å². The highest BCUT2D eigenvalue weighted by molar-refractivity contribution is 5.78. The summed E-state index contributed by atoms with van der Waals surface area (Å²) < 4.78 is 5.79. The second kappa shape index (κ2) is 4.77. The van der Waals surface area contributed by atoms with Gasteiger partial charge >= 0.3 is 0 Å². The average molecular weight is 244 g/mol. The van der Waals surface area contributed by atoms with Crippen molar-refractivity contribution in [3.05, 3.63) is 35.6 Å². The predicted molar refractivity (Wildman–Crippen MR) is 72.5 cm³/mol. The normalized spacial score (nSPS) is 19.2. The van der Waals surface area contributed by atoms with Gasteiger partial charge in [0.1, 0.15) is 17.4 Å². The number of aliphatic hydroxyl groups is 1. The van der Waals surface area contributed by atoms with Crippen molar-refractivity contribution in [2.75, 3.05) is 0 Å². The van der Waals surface area contributed by atoms with Crippen LogP contribution in [0, 0.1) is 12.8 Å². The SMILES string of the molecule is Cc1ccc2oc(C(O)C3CCCCC3)cc2c1. The monoisotopic (exact) mass is 244 g/mol. The van der Waals surface area contributed by atoms with Gasteiger partial charge in [0.25, 0.3) is 0 Å². The molecule has 3 rings (SSSR count). The van der Waals surface area contributed by atoms with Gasteiger partial charge in [0.05, 0.1) is 0 Å². The maximum absolute atomic E-state index is 10.4. The van der Waals surface area contributed by atoms with Crippen molar-refractivity contribution in [1.82, 2.24) is 0 Å². The van der Waals surface area contributed by atoms with Crippen molar-refractivity contribution >= 4 is 11.0 Å². The van der Waals surface area contributed by atoms with Crippen LogP contribution in [-0.4, -0.2) is 5.11 Å². The van der Waals surface area contributed by atoms with Gasteiger partial charge in [-0.25, -0.2) is 0 Å². The van der Waals surface area contributed by atoms with Crippen LogP contribution in [0.2, 0.25) is 0 Å². The third kappa shape index (κ3) is 2.17. The molecule has 0 bridgehead atoms. The number of hydrogen-bond acceptors (Lipinski definition) is 2. The summed E-state index contributed by atoms with van der Waals surface area (Å²) in [5, 5.41) is 11.5. The maximum Gasteiger partial charge on any atom is 0.134 e. The fourth-order valence-electron chi connectivity index (χ4n) is 3.01. The Bertz CT molecular complexity index is 535. The molecule has 1 aromatic heterocycles. The molecule has 2 nitrogen and oxygen atoms in total. The number of hydrogen-bond donors (Lipinski definition) is 1. The molecular weight excluding hydrogens is 224 g/mol. The zero-order valence-corrected chi connectivity index (χ0v) is 10.9. The first-order chi connectivity index (χ1) is 8.74. The Morgan fingerprint density at radius 1 is 1.17 bits per heavy atom. The zero-order valence-electron chi connectivity index (χ0n) is 10.9. The lowest BCUT2D eigenvalue weighted by atomic mass is 9.84. The first-order valence-corrected chi connectivity index (χ1v) is 6.92. The molecule has 1 aromatic carbocycles. The Hall–Kier alpha value is -1.28. The molecule has 0 saturated heterocycles. The number of furan rings is 1. The largest absolute Gasteiger partial charge is 0.458 e.